The number of aryl methyl sites for hydroxylation is 1. The van der Waals surface area contributed by atoms with Crippen LogP contribution < -0.4 is 0 Å². The van der Waals surface area contributed by atoms with Crippen LogP contribution in [0.3, 0.4) is 0 Å². The Bertz CT molecular complexity index is 792. The lowest BCUT2D eigenvalue weighted by atomic mass is 9.77. The number of carbonyl (C=O) groups excluding carboxylic acids is 3. The molecule has 0 aromatic heterocycles. The second-order valence-electron chi connectivity index (χ2n) is 5.06. The van der Waals surface area contributed by atoms with Gasteiger partial charge in [-0.2, -0.15) is 0 Å². The molecule has 24 heavy (non-hydrogen) atoms. The molecule has 0 fully saturated rings. The van der Waals surface area contributed by atoms with Crippen molar-refractivity contribution in [1.29, 1.82) is 0 Å². The predicted molar refractivity (Wildman–Crippen MR) is 94.5 cm³/mol. The molecule has 0 saturated carbocycles. The zero-order valence-electron chi connectivity index (χ0n) is 14.7. The van der Waals surface area contributed by atoms with Crippen LogP contribution >= 0.6 is 0 Å². The minimum Gasteiger partial charge on any atom is -0.507 e. The lowest BCUT2D eigenvalue weighted by Crippen LogP contribution is -2.26. The Labute approximate surface area is 142 Å². The molecule has 4 nitrogen and oxygen atoms in total. The van der Waals surface area contributed by atoms with Crippen molar-refractivity contribution in [3.8, 4) is 5.75 Å². The van der Waals surface area contributed by atoms with Gasteiger partial charge in [-0.25, -0.2) is 0 Å². The lowest BCUT2D eigenvalue weighted by Gasteiger charge is -2.23. The molecule has 0 bridgehead atoms. The SMILES string of the molecule is C=C/C(C(C)=O)=C1/C(=O)c2c(C)ccc(O)c2C(=O)/C1=C/C.CC. The Kier molecular flexibility index (Phi) is 6.18. The summed E-state index contributed by atoms with van der Waals surface area (Å²) < 4.78 is 0. The van der Waals surface area contributed by atoms with Crippen molar-refractivity contribution in [1.82, 2.24) is 0 Å². The standard InChI is InChI=1S/C18H16O4.C2H6/c1-5-11(10(4)19)15-12(6-2)17(21)16-13(20)8-7-9(3)14(16)18(15)22;1-2/h5-8,20H,1H2,2-4H3;1-2H3/b12-6+,15-11-;. The average Bonchev–Trinajstić information content (AvgIpc) is 2.56. The molecule has 0 atom stereocenters. The molecule has 0 amide bonds. The van der Waals surface area contributed by atoms with Gasteiger partial charge in [0.25, 0.3) is 0 Å². The Morgan fingerprint density at radius 1 is 1.12 bits per heavy atom. The number of aromatic hydroxyl groups is 1. The third-order valence-electron chi connectivity index (χ3n) is 3.73. The molecule has 0 radical (unpaired) electrons. The molecule has 0 heterocycles. The van der Waals surface area contributed by atoms with Crippen molar-refractivity contribution in [2.75, 3.05) is 0 Å². The van der Waals surface area contributed by atoms with Gasteiger partial charge in [-0.05, 0) is 32.4 Å². The summed E-state index contributed by atoms with van der Waals surface area (Å²) in [6.45, 7) is 12.2. The summed E-state index contributed by atoms with van der Waals surface area (Å²) in [5.41, 5.74) is 0.991. The number of rotatable bonds is 2. The third kappa shape index (κ3) is 3.00. The maximum atomic E-state index is 12.8. The first kappa shape index (κ1) is 19.3. The Hall–Kier alpha value is -2.75. The first-order valence-electron chi connectivity index (χ1n) is 7.81. The van der Waals surface area contributed by atoms with Crippen LogP contribution in [0.4, 0.5) is 0 Å². The molecule has 1 aromatic carbocycles. The van der Waals surface area contributed by atoms with Gasteiger partial charge in [0.15, 0.2) is 17.3 Å². The molecule has 0 spiro atoms. The van der Waals surface area contributed by atoms with Crippen LogP contribution in [0.2, 0.25) is 0 Å². The zero-order valence-corrected chi connectivity index (χ0v) is 14.7. The van der Waals surface area contributed by atoms with E-state index in [0.717, 1.165) is 0 Å². The molecule has 126 valence electrons. The van der Waals surface area contributed by atoms with E-state index in [2.05, 4.69) is 6.58 Å². The van der Waals surface area contributed by atoms with E-state index < -0.39 is 11.6 Å². The van der Waals surface area contributed by atoms with Crippen molar-refractivity contribution >= 4 is 17.3 Å². The fraction of sp³-hybridized carbons (Fsp3) is 0.250. The second-order valence-corrected chi connectivity index (χ2v) is 5.06. The van der Waals surface area contributed by atoms with Crippen molar-refractivity contribution in [3.05, 3.63) is 64.3 Å². The normalized spacial score (nSPS) is 17.0. The van der Waals surface area contributed by atoms with Gasteiger partial charge in [-0.15, -0.1) is 0 Å². The number of Topliss-reactive ketones (excluding diaryl/α,β-unsaturated/α-hetero) is 3. The maximum Gasteiger partial charge on any atom is 0.197 e. The van der Waals surface area contributed by atoms with Gasteiger partial charge in [0.2, 0.25) is 0 Å². The molecule has 1 aliphatic carbocycles. The summed E-state index contributed by atoms with van der Waals surface area (Å²) in [5.74, 6) is -1.48. The van der Waals surface area contributed by atoms with E-state index in [4.69, 9.17) is 0 Å². The first-order chi connectivity index (χ1) is 11.3. The van der Waals surface area contributed by atoms with Gasteiger partial charge in [-0.1, -0.05) is 38.6 Å². The highest BCUT2D eigenvalue weighted by atomic mass is 16.3. The van der Waals surface area contributed by atoms with Crippen molar-refractivity contribution in [3.63, 3.8) is 0 Å². The van der Waals surface area contributed by atoms with E-state index in [1.54, 1.807) is 19.9 Å². The summed E-state index contributed by atoms with van der Waals surface area (Å²) in [6, 6.07) is 2.96. The van der Waals surface area contributed by atoms with Crippen LogP contribution in [-0.2, 0) is 4.79 Å². The molecular weight excluding hydrogens is 304 g/mol. The highest BCUT2D eigenvalue weighted by Crippen LogP contribution is 2.37. The van der Waals surface area contributed by atoms with E-state index in [1.165, 1.54) is 25.1 Å². The van der Waals surface area contributed by atoms with Crippen LogP contribution in [0, 0.1) is 6.92 Å². The van der Waals surface area contributed by atoms with E-state index in [9.17, 15) is 19.5 Å². The van der Waals surface area contributed by atoms with Gasteiger partial charge in [0, 0.05) is 22.3 Å². The zero-order chi connectivity index (χ0) is 18.6. The summed E-state index contributed by atoms with van der Waals surface area (Å²) in [5, 5.41) is 9.97. The first-order valence-corrected chi connectivity index (χ1v) is 7.81. The number of ketones is 3. The smallest absolute Gasteiger partial charge is 0.197 e. The third-order valence-corrected chi connectivity index (χ3v) is 3.73. The summed E-state index contributed by atoms with van der Waals surface area (Å²) in [4.78, 5) is 37.3. The van der Waals surface area contributed by atoms with Crippen LogP contribution in [0.15, 0.2) is 47.6 Å². The fourth-order valence-electron chi connectivity index (χ4n) is 2.68. The van der Waals surface area contributed by atoms with Gasteiger partial charge in [-0.3, -0.25) is 14.4 Å². The second kappa shape index (κ2) is 7.68. The summed E-state index contributed by atoms with van der Waals surface area (Å²) >= 11 is 0. The lowest BCUT2D eigenvalue weighted by molar-refractivity contribution is -0.113. The number of benzene rings is 1. The molecule has 2 rings (SSSR count). The molecule has 0 saturated heterocycles. The number of allylic oxidation sites excluding steroid dienone is 5. The highest BCUT2D eigenvalue weighted by molar-refractivity contribution is 6.34. The Morgan fingerprint density at radius 2 is 1.71 bits per heavy atom. The number of hydrogen-bond donors (Lipinski definition) is 1. The summed E-state index contributed by atoms with van der Waals surface area (Å²) in [7, 11) is 0. The van der Waals surface area contributed by atoms with Crippen LogP contribution in [0.1, 0.15) is 54.0 Å². The number of carbonyl (C=O) groups is 3. The van der Waals surface area contributed by atoms with E-state index in [1.807, 2.05) is 13.8 Å². The minimum absolute atomic E-state index is 0.00573. The maximum absolute atomic E-state index is 12.8. The molecule has 1 aromatic rings. The largest absolute Gasteiger partial charge is 0.507 e. The van der Waals surface area contributed by atoms with E-state index in [-0.39, 0.29) is 39.4 Å². The van der Waals surface area contributed by atoms with Crippen LogP contribution in [0.25, 0.3) is 0 Å². The summed E-state index contributed by atoms with van der Waals surface area (Å²) in [6.07, 6.45) is 2.77. The van der Waals surface area contributed by atoms with Crippen LogP contribution in [-0.4, -0.2) is 22.5 Å². The van der Waals surface area contributed by atoms with E-state index in [0.29, 0.717) is 5.56 Å². The molecule has 4 heteroatoms. The van der Waals surface area contributed by atoms with Crippen molar-refractivity contribution in [2.45, 2.75) is 34.6 Å². The van der Waals surface area contributed by atoms with Gasteiger partial charge in [0.05, 0.1) is 5.56 Å². The van der Waals surface area contributed by atoms with Gasteiger partial charge >= 0.3 is 0 Å². The fourth-order valence-corrected chi connectivity index (χ4v) is 2.68. The molecule has 0 unspecified atom stereocenters. The Morgan fingerprint density at radius 3 is 2.17 bits per heavy atom. The molecular formula is C20H22O4. The minimum atomic E-state index is -0.464. The van der Waals surface area contributed by atoms with Crippen LogP contribution in [0.5, 0.6) is 5.75 Å². The van der Waals surface area contributed by atoms with Crippen molar-refractivity contribution < 1.29 is 19.5 Å². The number of hydrogen-bond acceptors (Lipinski definition) is 4. The number of phenolic OH excluding ortho intramolecular Hbond substituents is 1. The molecule has 1 N–H and O–H groups in total. The molecule has 0 aliphatic heterocycles. The number of phenols is 1. The highest BCUT2D eigenvalue weighted by Gasteiger charge is 2.37. The average molecular weight is 326 g/mol. The number of fused-ring (bicyclic) bond motifs is 1. The Balaban J connectivity index is 0.00000139. The van der Waals surface area contributed by atoms with E-state index >= 15 is 0 Å². The monoisotopic (exact) mass is 326 g/mol. The van der Waals surface area contributed by atoms with Gasteiger partial charge < -0.3 is 5.11 Å². The topological polar surface area (TPSA) is 71.4 Å². The predicted octanol–water partition coefficient (Wildman–Crippen LogP) is 4.12. The molecule has 1 aliphatic rings. The van der Waals surface area contributed by atoms with Crippen molar-refractivity contribution in [2.24, 2.45) is 0 Å². The quantitative estimate of drug-likeness (QED) is 0.830. The van der Waals surface area contributed by atoms with Gasteiger partial charge in [0.1, 0.15) is 5.75 Å².